The van der Waals surface area contributed by atoms with Gasteiger partial charge in [0.1, 0.15) is 11.6 Å². The second kappa shape index (κ2) is 7.20. The summed E-state index contributed by atoms with van der Waals surface area (Å²) in [7, 11) is 0. The first kappa shape index (κ1) is 15.5. The largest absolute Gasteiger partial charge is 0.370 e. The van der Waals surface area contributed by atoms with Crippen molar-refractivity contribution in [2.45, 2.75) is 52.4 Å². The van der Waals surface area contributed by atoms with Gasteiger partial charge in [-0.15, -0.1) is 0 Å². The molecule has 0 aliphatic carbocycles. The van der Waals surface area contributed by atoms with Crippen molar-refractivity contribution in [2.24, 2.45) is 0 Å². The van der Waals surface area contributed by atoms with E-state index in [1.807, 2.05) is 6.07 Å². The highest BCUT2D eigenvalue weighted by Crippen LogP contribution is 2.19. The van der Waals surface area contributed by atoms with Crippen LogP contribution in [0.15, 0.2) is 18.3 Å². The van der Waals surface area contributed by atoms with E-state index in [9.17, 15) is 0 Å². The van der Waals surface area contributed by atoms with Gasteiger partial charge in [-0.05, 0) is 24.8 Å². The number of aryl methyl sites for hydroxylation is 1. The van der Waals surface area contributed by atoms with Crippen LogP contribution in [0.3, 0.4) is 0 Å². The quantitative estimate of drug-likeness (QED) is 0.765. The van der Waals surface area contributed by atoms with Gasteiger partial charge in [0.25, 0.3) is 0 Å². The van der Waals surface area contributed by atoms with Crippen LogP contribution in [0.2, 0.25) is 0 Å². The molecule has 21 heavy (non-hydrogen) atoms. The average molecular weight is 287 g/mol. The van der Waals surface area contributed by atoms with Gasteiger partial charge in [0.05, 0.1) is 0 Å². The molecule has 0 atom stereocenters. The minimum Gasteiger partial charge on any atom is -0.370 e. The Hall–Kier alpha value is -1.91. The molecule has 2 rings (SSSR count). The highest BCUT2D eigenvalue weighted by atomic mass is 15.1. The summed E-state index contributed by atoms with van der Waals surface area (Å²) in [5.74, 6) is 2.60. The molecule has 2 aromatic rings. The predicted octanol–water partition coefficient (Wildman–Crippen LogP) is 3.49. The van der Waals surface area contributed by atoms with Crippen molar-refractivity contribution in [3.8, 4) is 0 Å². The number of anilines is 1. The number of nitrogens with zero attached hydrogens (tertiary/aromatic N) is 3. The van der Waals surface area contributed by atoms with E-state index in [-0.39, 0.29) is 0 Å². The summed E-state index contributed by atoms with van der Waals surface area (Å²) >= 11 is 0. The Labute approximate surface area is 126 Å². The Kier molecular flexibility index (Phi) is 5.31. The van der Waals surface area contributed by atoms with Crippen LogP contribution in [-0.4, -0.2) is 26.7 Å². The van der Waals surface area contributed by atoms with Gasteiger partial charge in [-0.2, -0.15) is 5.10 Å². The van der Waals surface area contributed by atoms with E-state index in [4.69, 9.17) is 0 Å². The topological polar surface area (TPSA) is 66.5 Å². The highest BCUT2D eigenvalue weighted by molar-refractivity contribution is 5.37. The molecule has 114 valence electrons. The first-order valence-electron chi connectivity index (χ1n) is 7.67. The zero-order valence-corrected chi connectivity index (χ0v) is 13.3. The van der Waals surface area contributed by atoms with Gasteiger partial charge in [-0.1, -0.05) is 27.7 Å². The Morgan fingerprint density at radius 3 is 2.57 bits per heavy atom. The van der Waals surface area contributed by atoms with E-state index in [0.717, 1.165) is 36.7 Å². The summed E-state index contributed by atoms with van der Waals surface area (Å²) in [6, 6.07) is 4.07. The first-order valence-corrected chi connectivity index (χ1v) is 7.67. The molecule has 0 saturated heterocycles. The monoisotopic (exact) mass is 287 g/mol. The number of rotatable bonds is 7. The van der Waals surface area contributed by atoms with Gasteiger partial charge < -0.3 is 5.32 Å². The van der Waals surface area contributed by atoms with E-state index in [1.165, 1.54) is 5.69 Å². The molecule has 5 heteroatoms. The number of H-pyrrole nitrogens is 1. The van der Waals surface area contributed by atoms with E-state index in [1.54, 1.807) is 6.20 Å². The summed E-state index contributed by atoms with van der Waals surface area (Å²) in [4.78, 5) is 9.24. The molecule has 2 heterocycles. The van der Waals surface area contributed by atoms with E-state index < -0.39 is 0 Å². The number of nitrogens with one attached hydrogen (secondary N) is 2. The lowest BCUT2D eigenvalue weighted by Crippen LogP contribution is -2.10. The molecule has 0 amide bonds. The Morgan fingerprint density at radius 2 is 1.95 bits per heavy atom. The number of hydrogen-bond acceptors (Lipinski definition) is 4. The summed E-state index contributed by atoms with van der Waals surface area (Å²) in [6.45, 7) is 9.47. The van der Waals surface area contributed by atoms with Crippen molar-refractivity contribution < 1.29 is 0 Å². The summed E-state index contributed by atoms with van der Waals surface area (Å²) in [5.41, 5.74) is 2.27. The molecular formula is C16H25N5. The molecule has 0 saturated carbocycles. The predicted molar refractivity (Wildman–Crippen MR) is 85.6 cm³/mol. The molecular weight excluding hydrogens is 262 g/mol. The molecule has 0 radical (unpaired) electrons. The fourth-order valence-electron chi connectivity index (χ4n) is 2.05. The first-order chi connectivity index (χ1) is 10.1. The molecule has 0 fully saturated rings. The lowest BCUT2D eigenvalue weighted by molar-refractivity contribution is 0.728. The molecule has 0 aliphatic rings. The molecule has 0 aromatic carbocycles. The SMILES string of the molecule is CC(C)c1cc(NCCCc2ccn[nH]2)nc(C(C)C)n1. The van der Waals surface area contributed by atoms with Crippen molar-refractivity contribution in [1.82, 2.24) is 20.2 Å². The van der Waals surface area contributed by atoms with E-state index in [0.29, 0.717) is 11.8 Å². The lowest BCUT2D eigenvalue weighted by atomic mass is 10.1. The van der Waals surface area contributed by atoms with Gasteiger partial charge in [-0.25, -0.2) is 9.97 Å². The van der Waals surface area contributed by atoms with Crippen LogP contribution in [0.1, 0.15) is 63.2 Å². The van der Waals surface area contributed by atoms with Gasteiger partial charge in [-0.3, -0.25) is 5.10 Å². The van der Waals surface area contributed by atoms with Crippen molar-refractivity contribution >= 4 is 5.82 Å². The minimum atomic E-state index is 0.342. The van der Waals surface area contributed by atoms with Crippen LogP contribution in [-0.2, 0) is 6.42 Å². The molecule has 0 unspecified atom stereocenters. The highest BCUT2D eigenvalue weighted by Gasteiger charge is 2.10. The van der Waals surface area contributed by atoms with Gasteiger partial charge >= 0.3 is 0 Å². The number of hydrogen-bond donors (Lipinski definition) is 2. The van der Waals surface area contributed by atoms with Crippen LogP contribution in [0, 0.1) is 0 Å². The minimum absolute atomic E-state index is 0.342. The van der Waals surface area contributed by atoms with Crippen molar-refractivity contribution in [1.29, 1.82) is 0 Å². The molecule has 2 N–H and O–H groups in total. The Morgan fingerprint density at radius 1 is 1.14 bits per heavy atom. The summed E-state index contributed by atoms with van der Waals surface area (Å²) < 4.78 is 0. The maximum atomic E-state index is 4.64. The second-order valence-corrected chi connectivity index (χ2v) is 5.96. The number of aromatic nitrogens is 4. The van der Waals surface area contributed by atoms with Crippen LogP contribution in [0.5, 0.6) is 0 Å². The fraction of sp³-hybridized carbons (Fsp3) is 0.562. The van der Waals surface area contributed by atoms with E-state index >= 15 is 0 Å². The zero-order chi connectivity index (χ0) is 15.2. The third-order valence-corrected chi connectivity index (χ3v) is 3.36. The number of aromatic amines is 1. The standard InChI is InChI=1S/C16H25N5/c1-11(2)14-10-15(20-16(19-14)12(3)4)17-8-5-6-13-7-9-18-21-13/h7,9-12H,5-6,8H2,1-4H3,(H,18,21)(H,17,19,20). The molecule has 5 nitrogen and oxygen atoms in total. The fourth-order valence-corrected chi connectivity index (χ4v) is 2.05. The van der Waals surface area contributed by atoms with Crippen molar-refractivity contribution in [3.05, 3.63) is 35.5 Å². The maximum absolute atomic E-state index is 4.64. The summed E-state index contributed by atoms with van der Waals surface area (Å²) in [5, 5.41) is 10.3. The van der Waals surface area contributed by atoms with Crippen molar-refractivity contribution in [2.75, 3.05) is 11.9 Å². The zero-order valence-electron chi connectivity index (χ0n) is 13.3. The van der Waals surface area contributed by atoms with E-state index in [2.05, 4.69) is 59.2 Å². The molecule has 0 bridgehead atoms. The smallest absolute Gasteiger partial charge is 0.133 e. The third-order valence-electron chi connectivity index (χ3n) is 3.36. The molecule has 0 spiro atoms. The Balaban J connectivity index is 1.95. The summed E-state index contributed by atoms with van der Waals surface area (Å²) in [6.07, 6.45) is 3.82. The van der Waals surface area contributed by atoms with Gasteiger partial charge in [0.15, 0.2) is 0 Å². The Bertz CT molecular complexity index is 520. The molecule has 2 aromatic heterocycles. The van der Waals surface area contributed by atoms with Crippen LogP contribution < -0.4 is 5.32 Å². The second-order valence-electron chi connectivity index (χ2n) is 5.96. The lowest BCUT2D eigenvalue weighted by Gasteiger charge is -2.13. The average Bonchev–Trinajstić information content (AvgIpc) is 2.96. The van der Waals surface area contributed by atoms with Crippen molar-refractivity contribution in [3.63, 3.8) is 0 Å². The third kappa shape index (κ3) is 4.55. The maximum Gasteiger partial charge on any atom is 0.133 e. The normalized spacial score (nSPS) is 11.3. The van der Waals surface area contributed by atoms with Gasteiger partial charge in [0, 0.05) is 36.1 Å². The van der Waals surface area contributed by atoms with Crippen LogP contribution in [0.4, 0.5) is 5.82 Å². The molecule has 0 aliphatic heterocycles. The van der Waals surface area contributed by atoms with Crippen LogP contribution >= 0.6 is 0 Å². The van der Waals surface area contributed by atoms with Crippen LogP contribution in [0.25, 0.3) is 0 Å². The van der Waals surface area contributed by atoms with Gasteiger partial charge in [0.2, 0.25) is 0 Å².